The number of hydrogen-bond donors (Lipinski definition) is 1. The molecular weight excluding hydrogens is 442 g/mol. The van der Waals surface area contributed by atoms with Crippen molar-refractivity contribution < 1.29 is 23.9 Å². The van der Waals surface area contributed by atoms with Crippen LogP contribution in [0.1, 0.15) is 84.5 Å². The van der Waals surface area contributed by atoms with E-state index in [-0.39, 0.29) is 24.3 Å². The Hall–Kier alpha value is -1.92. The molecule has 2 atom stereocenters. The summed E-state index contributed by atoms with van der Waals surface area (Å²) in [5.41, 5.74) is 2.22. The van der Waals surface area contributed by atoms with Gasteiger partial charge in [-0.15, -0.1) is 0 Å². The van der Waals surface area contributed by atoms with Crippen molar-refractivity contribution in [2.75, 3.05) is 13.7 Å². The normalized spacial score (nSPS) is 17.7. The Kier molecular flexibility index (Phi) is 15.5. The first-order valence-corrected chi connectivity index (χ1v) is 12.5. The average Bonchev–Trinajstić information content (AvgIpc) is 2.79. The van der Waals surface area contributed by atoms with Gasteiger partial charge in [-0.05, 0) is 37.7 Å². The lowest BCUT2D eigenvalue weighted by Gasteiger charge is -2.22. The molecule has 186 valence electrons. The van der Waals surface area contributed by atoms with Crippen LogP contribution in [0.3, 0.4) is 0 Å². The van der Waals surface area contributed by atoms with Crippen molar-refractivity contribution in [2.45, 2.75) is 96.7 Å². The van der Waals surface area contributed by atoms with E-state index >= 15 is 0 Å². The van der Waals surface area contributed by atoms with Crippen LogP contribution in [0.2, 0.25) is 0 Å². The SMILES string of the molecule is CCCCCCC[C@H](C/C=C/CCC(=O)NC/C(=C/Cl)C1=CCC[C@@H](OC(C)=O)C1=O)OC. The maximum Gasteiger partial charge on any atom is 0.303 e. The number of halogens is 1. The summed E-state index contributed by atoms with van der Waals surface area (Å²) in [5, 5.41) is 2.81. The van der Waals surface area contributed by atoms with Gasteiger partial charge < -0.3 is 14.8 Å². The van der Waals surface area contributed by atoms with Crippen LogP contribution in [0.15, 0.2) is 34.9 Å². The minimum Gasteiger partial charge on any atom is -0.454 e. The zero-order valence-corrected chi connectivity index (χ0v) is 21.1. The predicted molar refractivity (Wildman–Crippen MR) is 132 cm³/mol. The van der Waals surface area contributed by atoms with E-state index in [0.717, 1.165) is 12.8 Å². The van der Waals surface area contributed by atoms with Crippen LogP contribution >= 0.6 is 11.6 Å². The van der Waals surface area contributed by atoms with Gasteiger partial charge in [-0.25, -0.2) is 0 Å². The molecular formula is C26H40ClNO5. The molecule has 0 aromatic carbocycles. The average molecular weight is 482 g/mol. The van der Waals surface area contributed by atoms with Crippen molar-refractivity contribution >= 4 is 29.3 Å². The van der Waals surface area contributed by atoms with Crippen LogP contribution in [0.5, 0.6) is 0 Å². The van der Waals surface area contributed by atoms with Crippen LogP contribution in [0, 0.1) is 0 Å². The fraction of sp³-hybridized carbons (Fsp3) is 0.654. The van der Waals surface area contributed by atoms with E-state index in [9.17, 15) is 14.4 Å². The van der Waals surface area contributed by atoms with E-state index in [4.69, 9.17) is 21.1 Å². The number of esters is 1. The third-order valence-electron chi connectivity index (χ3n) is 5.66. The molecule has 0 aromatic heterocycles. The Morgan fingerprint density at radius 2 is 2.00 bits per heavy atom. The quantitative estimate of drug-likeness (QED) is 0.177. The molecule has 1 aliphatic carbocycles. The van der Waals surface area contributed by atoms with Gasteiger partial charge >= 0.3 is 5.97 Å². The number of carbonyl (C=O) groups excluding carboxylic acids is 3. The van der Waals surface area contributed by atoms with Crippen molar-refractivity contribution in [3.05, 3.63) is 34.9 Å². The van der Waals surface area contributed by atoms with E-state index in [1.807, 2.05) is 6.08 Å². The third-order valence-corrected chi connectivity index (χ3v) is 5.93. The molecule has 0 radical (unpaired) electrons. The van der Waals surface area contributed by atoms with Gasteiger partial charge in [0.2, 0.25) is 11.7 Å². The van der Waals surface area contributed by atoms with Gasteiger partial charge in [0.15, 0.2) is 6.10 Å². The Morgan fingerprint density at radius 3 is 2.67 bits per heavy atom. The number of amides is 1. The van der Waals surface area contributed by atoms with E-state index in [2.05, 4.69) is 18.3 Å². The van der Waals surface area contributed by atoms with Crippen LogP contribution < -0.4 is 5.32 Å². The van der Waals surface area contributed by atoms with Crippen molar-refractivity contribution in [1.82, 2.24) is 5.32 Å². The summed E-state index contributed by atoms with van der Waals surface area (Å²) >= 11 is 5.92. The lowest BCUT2D eigenvalue weighted by atomic mass is 9.90. The summed E-state index contributed by atoms with van der Waals surface area (Å²) in [6.07, 6.45) is 15.5. The molecule has 0 heterocycles. The van der Waals surface area contributed by atoms with E-state index in [0.29, 0.717) is 36.8 Å². The Labute approximate surface area is 203 Å². The highest BCUT2D eigenvalue weighted by Gasteiger charge is 2.29. The highest BCUT2D eigenvalue weighted by atomic mass is 35.5. The van der Waals surface area contributed by atoms with Gasteiger partial charge in [-0.2, -0.15) is 0 Å². The zero-order valence-electron chi connectivity index (χ0n) is 20.4. The summed E-state index contributed by atoms with van der Waals surface area (Å²) in [5.74, 6) is -0.884. The summed E-state index contributed by atoms with van der Waals surface area (Å²) < 4.78 is 10.6. The number of unbranched alkanes of at least 4 members (excludes halogenated alkanes) is 4. The molecule has 33 heavy (non-hydrogen) atoms. The number of methoxy groups -OCH3 is 1. The van der Waals surface area contributed by atoms with E-state index in [1.54, 1.807) is 13.2 Å². The van der Waals surface area contributed by atoms with E-state index < -0.39 is 12.1 Å². The minimum absolute atomic E-state index is 0.115. The van der Waals surface area contributed by atoms with Gasteiger partial charge in [-0.1, -0.05) is 68.9 Å². The fourth-order valence-electron chi connectivity index (χ4n) is 3.75. The topological polar surface area (TPSA) is 81.7 Å². The van der Waals surface area contributed by atoms with Crippen molar-refractivity contribution in [2.24, 2.45) is 0 Å². The number of allylic oxidation sites excluding steroid dienone is 2. The van der Waals surface area contributed by atoms with Crippen LogP contribution in [0.25, 0.3) is 0 Å². The lowest BCUT2D eigenvalue weighted by Crippen LogP contribution is -2.33. The molecule has 0 aliphatic heterocycles. The lowest BCUT2D eigenvalue weighted by molar-refractivity contribution is -0.152. The highest BCUT2D eigenvalue weighted by molar-refractivity contribution is 6.26. The largest absolute Gasteiger partial charge is 0.454 e. The standard InChI is InChI=1S/C26H40ClNO5/c1-4-5-6-7-9-13-22(32-3)14-10-8-11-17-25(30)28-19-21(18-27)23-15-12-16-24(26(23)31)33-20(2)29/h8,10,15,18,22,24H,4-7,9,11-14,16-17,19H2,1-3H3,(H,28,30)/b10-8+,21-18-/t22-,24-/m1/s1. The second-order valence-corrected chi connectivity index (χ2v) is 8.59. The van der Waals surface area contributed by atoms with Gasteiger partial charge in [-0.3, -0.25) is 14.4 Å². The van der Waals surface area contributed by atoms with Gasteiger partial charge in [0.25, 0.3) is 0 Å². The molecule has 0 saturated carbocycles. The molecule has 0 aromatic rings. The summed E-state index contributed by atoms with van der Waals surface area (Å²) in [4.78, 5) is 36.0. The number of ketones is 1. The molecule has 0 fully saturated rings. The first-order chi connectivity index (χ1) is 15.9. The number of carbonyl (C=O) groups is 3. The molecule has 7 heteroatoms. The summed E-state index contributed by atoms with van der Waals surface area (Å²) in [6.45, 7) is 3.65. The molecule has 1 rings (SSSR count). The van der Waals surface area contributed by atoms with Crippen molar-refractivity contribution in [3.63, 3.8) is 0 Å². The molecule has 0 saturated heterocycles. The van der Waals surface area contributed by atoms with Gasteiger partial charge in [0.1, 0.15) is 0 Å². The molecule has 0 unspecified atom stereocenters. The maximum atomic E-state index is 12.6. The van der Waals surface area contributed by atoms with Crippen molar-refractivity contribution in [1.29, 1.82) is 0 Å². The molecule has 1 aliphatic rings. The zero-order chi connectivity index (χ0) is 24.5. The molecule has 0 spiro atoms. The van der Waals surface area contributed by atoms with E-state index in [1.165, 1.54) is 44.6 Å². The van der Waals surface area contributed by atoms with Crippen LogP contribution in [-0.4, -0.2) is 43.5 Å². The molecule has 0 bridgehead atoms. The number of ether oxygens (including phenoxy) is 2. The number of hydrogen-bond acceptors (Lipinski definition) is 5. The smallest absolute Gasteiger partial charge is 0.303 e. The highest BCUT2D eigenvalue weighted by Crippen LogP contribution is 2.24. The predicted octanol–water partition coefficient (Wildman–Crippen LogP) is 5.55. The first kappa shape index (κ1) is 29.1. The second-order valence-electron chi connectivity index (χ2n) is 8.37. The van der Waals surface area contributed by atoms with Crippen LogP contribution in [0.4, 0.5) is 0 Å². The third kappa shape index (κ3) is 12.2. The first-order valence-electron chi connectivity index (χ1n) is 12.1. The molecule has 6 nitrogen and oxygen atoms in total. The Bertz CT molecular complexity index is 713. The molecule has 1 N–H and O–H groups in total. The number of rotatable bonds is 16. The van der Waals surface area contributed by atoms with Gasteiger partial charge in [0.05, 0.1) is 6.10 Å². The van der Waals surface area contributed by atoms with Gasteiger partial charge in [0, 0.05) is 38.1 Å². The number of nitrogens with one attached hydrogen (secondary N) is 1. The summed E-state index contributed by atoms with van der Waals surface area (Å²) in [7, 11) is 1.75. The number of Topliss-reactive ketones (excluding diaryl/α,β-unsaturated/α-hetero) is 1. The van der Waals surface area contributed by atoms with Crippen molar-refractivity contribution in [3.8, 4) is 0 Å². The molecule has 1 amide bonds. The van der Waals surface area contributed by atoms with Crippen LogP contribution in [-0.2, 0) is 23.9 Å². The Morgan fingerprint density at radius 1 is 1.24 bits per heavy atom. The summed E-state index contributed by atoms with van der Waals surface area (Å²) in [6, 6.07) is 0. The maximum absolute atomic E-state index is 12.6. The Balaban J connectivity index is 2.34. The monoisotopic (exact) mass is 481 g/mol. The minimum atomic E-state index is -0.790. The second kappa shape index (κ2) is 17.5. The fourth-order valence-corrected chi connectivity index (χ4v) is 3.94.